The Kier molecular flexibility index (Phi) is 8.07. The molecule has 0 N–H and O–H groups in total. The fourth-order valence-corrected chi connectivity index (χ4v) is 6.81. The molecule has 0 spiro atoms. The molecule has 0 radical (unpaired) electrons. The van der Waals surface area contributed by atoms with Crippen LogP contribution in [0.4, 0.5) is 8.78 Å². The molecule has 2 heterocycles. The average Bonchev–Trinajstić information content (AvgIpc) is 3.38. The van der Waals surface area contributed by atoms with Crippen LogP contribution in [0.15, 0.2) is 67.1 Å². The van der Waals surface area contributed by atoms with E-state index in [1.807, 2.05) is 0 Å². The van der Waals surface area contributed by atoms with Crippen LogP contribution in [0.5, 0.6) is 0 Å². The van der Waals surface area contributed by atoms with Gasteiger partial charge in [0, 0.05) is 29.2 Å². The van der Waals surface area contributed by atoms with E-state index in [1.165, 1.54) is 34.7 Å². The van der Waals surface area contributed by atoms with Crippen LogP contribution >= 0.6 is 19.0 Å². The molecule has 220 valence electrons. The second kappa shape index (κ2) is 11.6. The minimum Gasteiger partial charge on any atom is -0.615 e. The van der Waals surface area contributed by atoms with Crippen molar-refractivity contribution >= 4 is 31.6 Å². The van der Waals surface area contributed by atoms with Crippen molar-refractivity contribution in [2.75, 3.05) is 6.79 Å². The van der Waals surface area contributed by atoms with Gasteiger partial charge in [0.1, 0.15) is 34.9 Å². The van der Waals surface area contributed by atoms with Gasteiger partial charge >= 0.3 is 7.67 Å². The molecule has 2 aromatic carbocycles. The minimum atomic E-state index is -4.88. The second-order valence-electron chi connectivity index (χ2n) is 9.52. The van der Waals surface area contributed by atoms with E-state index in [0.717, 1.165) is 11.6 Å². The topological polar surface area (TPSA) is 155 Å². The van der Waals surface area contributed by atoms with Crippen LogP contribution < -0.4 is 0 Å². The lowest BCUT2D eigenvalue weighted by Crippen LogP contribution is -2.47. The Morgan fingerprint density at radius 2 is 1.98 bits per heavy atom. The van der Waals surface area contributed by atoms with Gasteiger partial charge in [-0.15, -0.1) is 11.3 Å². The number of ether oxygens (including phenoxy) is 1. The number of halogens is 2. The van der Waals surface area contributed by atoms with Gasteiger partial charge in [0.2, 0.25) is 0 Å². The normalized spacial score (nSPS) is 16.3. The minimum absolute atomic E-state index is 0.0988. The Hall–Kier alpha value is -4.57. The Balaban J connectivity index is 1.64. The van der Waals surface area contributed by atoms with Crippen molar-refractivity contribution < 1.29 is 31.6 Å². The molecule has 0 bridgehead atoms. The van der Waals surface area contributed by atoms with E-state index in [9.17, 15) is 19.4 Å². The molecule has 1 unspecified atom stereocenters. The summed E-state index contributed by atoms with van der Waals surface area (Å²) in [6.07, 6.45) is 3.48. The zero-order valence-corrected chi connectivity index (χ0v) is 24.0. The Bertz CT molecular complexity index is 1820. The molecular weight excluding hydrogens is 603 g/mol. The van der Waals surface area contributed by atoms with Crippen molar-refractivity contribution in [2.45, 2.75) is 30.4 Å². The van der Waals surface area contributed by atoms with Gasteiger partial charge in [-0.2, -0.15) is 19.4 Å². The van der Waals surface area contributed by atoms with Crippen LogP contribution in [0.2, 0.25) is 0 Å². The summed E-state index contributed by atoms with van der Waals surface area (Å²) in [5.41, 5.74) is -1.11. The van der Waals surface area contributed by atoms with Crippen LogP contribution in [0.25, 0.3) is 11.3 Å². The van der Waals surface area contributed by atoms with Gasteiger partial charge in [-0.1, -0.05) is 22.7 Å². The summed E-state index contributed by atoms with van der Waals surface area (Å²) in [5.74, 6) is -0.0208. The number of hydrogen-bond acceptors (Lipinski definition) is 10. The highest BCUT2D eigenvalue weighted by Crippen LogP contribution is 2.63. The van der Waals surface area contributed by atoms with Gasteiger partial charge in [0.15, 0.2) is 19.4 Å². The highest BCUT2D eigenvalue weighted by atomic mass is 32.1. The number of nitriles is 1. The zero-order chi connectivity index (χ0) is 30.8. The Morgan fingerprint density at radius 3 is 2.56 bits per heavy atom. The van der Waals surface area contributed by atoms with Crippen LogP contribution in [0.1, 0.15) is 29.0 Å². The summed E-state index contributed by atoms with van der Waals surface area (Å²) in [4.78, 5) is 8.80. The molecule has 2 atom stereocenters. The monoisotopic (exact) mass is 625 g/mol. The predicted octanol–water partition coefficient (Wildman–Crippen LogP) is 4.85. The van der Waals surface area contributed by atoms with Crippen molar-refractivity contribution in [1.29, 1.82) is 5.26 Å². The highest BCUT2D eigenvalue weighted by Gasteiger charge is 2.65. The third kappa shape index (κ3) is 5.38. The molecule has 12 nitrogen and oxygen atoms in total. The van der Waals surface area contributed by atoms with Crippen molar-refractivity contribution in [2.24, 2.45) is 0 Å². The maximum atomic E-state index is 15.7. The molecule has 4 aromatic rings. The highest BCUT2D eigenvalue weighted by molar-refractivity contribution is 7.45. The first-order chi connectivity index (χ1) is 20.6. The SMILES string of the molecule is C=C=[N+]([O-])P(=O)(OCO[C@@](Cn1cncn1)(c1ccc(F)cc1F)C1(c2nc(-c3ccc(C#N)cc3)cs2)CC1)[N+](=C)[O-]. The van der Waals surface area contributed by atoms with Crippen molar-refractivity contribution in [3.8, 4) is 17.3 Å². The summed E-state index contributed by atoms with van der Waals surface area (Å²) in [7, 11) is -4.88. The summed E-state index contributed by atoms with van der Waals surface area (Å²) >= 11 is 1.28. The zero-order valence-electron chi connectivity index (χ0n) is 22.3. The molecule has 0 saturated heterocycles. The molecule has 16 heteroatoms. The molecule has 2 aromatic heterocycles. The van der Waals surface area contributed by atoms with Gasteiger partial charge in [0.05, 0.1) is 29.3 Å². The van der Waals surface area contributed by atoms with Crippen molar-refractivity contribution in [3.63, 3.8) is 0 Å². The molecule has 5 rings (SSSR count). The molecule has 1 aliphatic carbocycles. The van der Waals surface area contributed by atoms with E-state index in [4.69, 9.17) is 19.5 Å². The maximum absolute atomic E-state index is 15.7. The fraction of sp³-hybridized carbons (Fsp3) is 0.222. The number of benzene rings is 2. The number of hydrogen-bond donors (Lipinski definition) is 0. The first-order valence-electron chi connectivity index (χ1n) is 12.5. The maximum Gasteiger partial charge on any atom is 0.763 e. The largest absolute Gasteiger partial charge is 0.763 e. The summed E-state index contributed by atoms with van der Waals surface area (Å²) in [5, 5.41) is 39.7. The predicted molar refractivity (Wildman–Crippen MR) is 151 cm³/mol. The third-order valence-electron chi connectivity index (χ3n) is 7.14. The fourth-order valence-electron chi connectivity index (χ4n) is 4.86. The first-order valence-corrected chi connectivity index (χ1v) is 14.9. The summed E-state index contributed by atoms with van der Waals surface area (Å²) in [6.45, 7) is 4.88. The molecule has 0 aliphatic heterocycles. The van der Waals surface area contributed by atoms with Gasteiger partial charge in [-0.25, -0.2) is 23.4 Å². The van der Waals surface area contributed by atoms with Crippen LogP contribution in [-0.4, -0.2) is 48.1 Å². The number of aromatic nitrogens is 4. The van der Waals surface area contributed by atoms with Gasteiger partial charge in [0.25, 0.3) is 0 Å². The lowest BCUT2D eigenvalue weighted by molar-refractivity contribution is -0.430. The Morgan fingerprint density at radius 1 is 1.23 bits per heavy atom. The molecule has 0 amide bonds. The van der Waals surface area contributed by atoms with Crippen LogP contribution in [-0.2, 0) is 31.4 Å². The van der Waals surface area contributed by atoms with Gasteiger partial charge < -0.3 is 15.2 Å². The average molecular weight is 626 g/mol. The van der Waals surface area contributed by atoms with Crippen LogP contribution in [0.3, 0.4) is 0 Å². The van der Waals surface area contributed by atoms with E-state index < -0.39 is 46.1 Å². The smallest absolute Gasteiger partial charge is 0.615 e. The van der Waals surface area contributed by atoms with E-state index in [1.54, 1.807) is 35.5 Å². The number of thiazole rings is 1. The number of nitrogens with zero attached hydrogens (tertiary/aromatic N) is 7. The summed E-state index contributed by atoms with van der Waals surface area (Å²) in [6, 6.07) is 11.9. The van der Waals surface area contributed by atoms with Gasteiger partial charge in [-0.3, -0.25) is 0 Å². The molecule has 1 aliphatic rings. The second-order valence-corrected chi connectivity index (χ2v) is 12.4. The van der Waals surface area contributed by atoms with E-state index >= 15 is 4.39 Å². The van der Waals surface area contributed by atoms with E-state index in [0.29, 0.717) is 35.2 Å². The van der Waals surface area contributed by atoms with Crippen LogP contribution in [0, 0.1) is 33.4 Å². The molecular formula is C27H22F2N7O5PS. The van der Waals surface area contributed by atoms with Crippen molar-refractivity contribution in [3.05, 3.63) is 105 Å². The summed E-state index contributed by atoms with van der Waals surface area (Å²) < 4.78 is 54.8. The third-order valence-corrected chi connectivity index (χ3v) is 9.79. The molecule has 1 fully saturated rings. The molecule has 43 heavy (non-hydrogen) atoms. The number of rotatable bonds is 12. The first kappa shape index (κ1) is 29.9. The van der Waals surface area contributed by atoms with E-state index in [2.05, 4.69) is 29.4 Å². The van der Waals surface area contributed by atoms with Gasteiger partial charge in [-0.05, 0) is 35.6 Å². The standard InChI is InChI=1S/C27H22F2N7O5PS/c1-3-36(38)42(39,34(2)37)41-18-40-27(15-35-17-31-16-32-35,22-9-8-21(28)12-23(22)29)26(10-11-26)25-33-24(14-43-25)20-6-4-19(13-30)5-7-20/h4-9,12,14,16-17H,1-2,10-11,15,18H2/t27-,42?/m0/s1. The Labute approximate surface area is 247 Å². The lowest BCUT2D eigenvalue weighted by atomic mass is 9.77. The van der Waals surface area contributed by atoms with Crippen molar-refractivity contribution in [1.82, 2.24) is 19.7 Å². The quantitative estimate of drug-likeness (QED) is 0.0706. The van der Waals surface area contributed by atoms with E-state index in [-0.39, 0.29) is 12.1 Å². The molecule has 1 saturated carbocycles. The lowest BCUT2D eigenvalue weighted by Gasteiger charge is -2.40.